The summed E-state index contributed by atoms with van der Waals surface area (Å²) in [5, 5.41) is 3.44. The number of rotatable bonds is 6. The summed E-state index contributed by atoms with van der Waals surface area (Å²) >= 11 is 0. The third kappa shape index (κ3) is 4.54. The van der Waals surface area contributed by atoms with Crippen molar-refractivity contribution in [1.82, 2.24) is 5.32 Å². The fourth-order valence-corrected chi connectivity index (χ4v) is 2.82. The van der Waals surface area contributed by atoms with Crippen LogP contribution in [0.1, 0.15) is 32.3 Å². The molecule has 0 aromatic heterocycles. The van der Waals surface area contributed by atoms with Crippen LogP contribution < -0.4 is 10.2 Å². The summed E-state index contributed by atoms with van der Waals surface area (Å²) in [5.74, 6) is 1.61. The van der Waals surface area contributed by atoms with E-state index in [0.29, 0.717) is 0 Å². The van der Waals surface area contributed by atoms with Crippen molar-refractivity contribution in [2.75, 3.05) is 31.6 Å². The van der Waals surface area contributed by atoms with Crippen LogP contribution in [-0.4, -0.2) is 26.7 Å². The highest BCUT2D eigenvalue weighted by Gasteiger charge is 2.14. The van der Waals surface area contributed by atoms with Crippen LogP contribution in [0, 0.1) is 11.8 Å². The minimum absolute atomic E-state index is 0.735. The van der Waals surface area contributed by atoms with Gasteiger partial charge in [0, 0.05) is 19.3 Å². The van der Waals surface area contributed by atoms with Crippen LogP contribution in [0.3, 0.4) is 0 Å². The molecule has 1 heterocycles. The normalized spacial score (nSPS) is 19.1. The summed E-state index contributed by atoms with van der Waals surface area (Å²) in [4.78, 5) is 2.39. The van der Waals surface area contributed by atoms with Crippen molar-refractivity contribution in [2.24, 2.45) is 11.8 Å². The van der Waals surface area contributed by atoms with Gasteiger partial charge in [-0.25, -0.2) is 0 Å². The fraction of sp³-hybridized carbons (Fsp3) is 0.647. The van der Waals surface area contributed by atoms with Gasteiger partial charge in [-0.05, 0) is 61.9 Å². The van der Waals surface area contributed by atoms with Crippen molar-refractivity contribution >= 4 is 5.69 Å². The van der Waals surface area contributed by atoms with Crippen LogP contribution in [0.25, 0.3) is 0 Å². The zero-order chi connectivity index (χ0) is 13.7. The lowest BCUT2D eigenvalue weighted by Gasteiger charge is -2.21. The van der Waals surface area contributed by atoms with Gasteiger partial charge in [0.1, 0.15) is 0 Å². The minimum atomic E-state index is 0.735. The van der Waals surface area contributed by atoms with Crippen molar-refractivity contribution in [3.63, 3.8) is 0 Å². The monoisotopic (exact) mass is 260 g/mol. The molecule has 0 aliphatic carbocycles. The first-order chi connectivity index (χ1) is 9.15. The highest BCUT2D eigenvalue weighted by Crippen LogP contribution is 2.18. The van der Waals surface area contributed by atoms with E-state index in [2.05, 4.69) is 55.4 Å². The Balaban J connectivity index is 1.82. The SMILES string of the molecule is CC(C)Cc1ccc(N(C)CCC2CCNC2)cc1. The Kier molecular flexibility index (Phi) is 5.26. The minimum Gasteiger partial charge on any atom is -0.375 e. The Morgan fingerprint density at radius 3 is 2.58 bits per heavy atom. The van der Waals surface area contributed by atoms with Crippen LogP contribution in [0.5, 0.6) is 0 Å². The van der Waals surface area contributed by atoms with Crippen molar-refractivity contribution in [3.05, 3.63) is 29.8 Å². The maximum absolute atomic E-state index is 3.44. The lowest BCUT2D eigenvalue weighted by atomic mass is 10.0. The van der Waals surface area contributed by atoms with E-state index in [4.69, 9.17) is 0 Å². The first-order valence-corrected chi connectivity index (χ1v) is 7.66. The zero-order valence-corrected chi connectivity index (χ0v) is 12.7. The molecule has 0 spiro atoms. The molecule has 1 atom stereocenters. The van der Waals surface area contributed by atoms with Crippen molar-refractivity contribution < 1.29 is 0 Å². The molecule has 2 rings (SSSR count). The Bertz CT molecular complexity index is 363. The molecule has 1 N–H and O–H groups in total. The quantitative estimate of drug-likeness (QED) is 0.844. The molecule has 19 heavy (non-hydrogen) atoms. The molecule has 0 radical (unpaired) electrons. The van der Waals surface area contributed by atoms with Crippen LogP contribution in [-0.2, 0) is 6.42 Å². The zero-order valence-electron chi connectivity index (χ0n) is 12.7. The second-order valence-corrected chi connectivity index (χ2v) is 6.33. The van der Waals surface area contributed by atoms with Gasteiger partial charge >= 0.3 is 0 Å². The van der Waals surface area contributed by atoms with Gasteiger partial charge in [0.15, 0.2) is 0 Å². The molecule has 2 heteroatoms. The molecule has 1 aromatic carbocycles. The standard InChI is InChI=1S/C17H28N2/c1-14(2)12-15-4-6-17(7-5-15)19(3)11-9-16-8-10-18-13-16/h4-7,14,16,18H,8-13H2,1-3H3. The van der Waals surface area contributed by atoms with Crippen molar-refractivity contribution in [1.29, 1.82) is 0 Å². The van der Waals surface area contributed by atoms with Crippen LogP contribution >= 0.6 is 0 Å². The number of benzene rings is 1. The van der Waals surface area contributed by atoms with E-state index in [-0.39, 0.29) is 0 Å². The molecule has 1 aliphatic rings. The molecule has 1 aromatic rings. The molecule has 0 bridgehead atoms. The molecule has 1 aliphatic heterocycles. The van der Waals surface area contributed by atoms with Gasteiger partial charge in [0.05, 0.1) is 0 Å². The van der Waals surface area contributed by atoms with Gasteiger partial charge in [0.2, 0.25) is 0 Å². The van der Waals surface area contributed by atoms with E-state index in [1.165, 1.54) is 43.6 Å². The predicted octanol–water partition coefficient (Wildman–Crippen LogP) is 3.32. The maximum atomic E-state index is 3.44. The van der Waals surface area contributed by atoms with E-state index < -0.39 is 0 Å². The van der Waals surface area contributed by atoms with Gasteiger partial charge in [-0.3, -0.25) is 0 Å². The number of anilines is 1. The topological polar surface area (TPSA) is 15.3 Å². The Morgan fingerprint density at radius 1 is 1.26 bits per heavy atom. The average Bonchev–Trinajstić information content (AvgIpc) is 2.89. The summed E-state index contributed by atoms with van der Waals surface area (Å²) in [5.41, 5.74) is 2.80. The predicted molar refractivity (Wildman–Crippen MR) is 83.8 cm³/mol. The van der Waals surface area contributed by atoms with E-state index in [9.17, 15) is 0 Å². The first-order valence-electron chi connectivity index (χ1n) is 7.66. The first kappa shape index (κ1) is 14.4. The summed E-state index contributed by atoms with van der Waals surface area (Å²) in [6, 6.07) is 9.10. The Labute approximate surface area is 118 Å². The molecule has 2 nitrogen and oxygen atoms in total. The second-order valence-electron chi connectivity index (χ2n) is 6.33. The smallest absolute Gasteiger partial charge is 0.0363 e. The number of nitrogens with one attached hydrogen (secondary N) is 1. The van der Waals surface area contributed by atoms with Crippen molar-refractivity contribution in [2.45, 2.75) is 33.1 Å². The molecular formula is C17H28N2. The Hall–Kier alpha value is -1.02. The summed E-state index contributed by atoms with van der Waals surface area (Å²) in [6.45, 7) is 8.13. The number of nitrogens with zero attached hydrogens (tertiary/aromatic N) is 1. The lowest BCUT2D eigenvalue weighted by molar-refractivity contribution is 0.533. The average molecular weight is 260 g/mol. The lowest BCUT2D eigenvalue weighted by Crippen LogP contribution is -2.21. The molecule has 1 unspecified atom stereocenters. The largest absolute Gasteiger partial charge is 0.375 e. The fourth-order valence-electron chi connectivity index (χ4n) is 2.82. The highest BCUT2D eigenvalue weighted by atomic mass is 15.1. The van der Waals surface area contributed by atoms with Crippen LogP contribution in [0.4, 0.5) is 5.69 Å². The van der Waals surface area contributed by atoms with E-state index in [1.54, 1.807) is 0 Å². The molecule has 1 fully saturated rings. The molecule has 1 saturated heterocycles. The molecular weight excluding hydrogens is 232 g/mol. The third-order valence-electron chi connectivity index (χ3n) is 4.06. The summed E-state index contributed by atoms with van der Waals surface area (Å²) < 4.78 is 0. The number of hydrogen-bond donors (Lipinski definition) is 1. The Morgan fingerprint density at radius 2 is 2.00 bits per heavy atom. The number of hydrogen-bond acceptors (Lipinski definition) is 2. The van der Waals surface area contributed by atoms with E-state index in [1.807, 2.05) is 0 Å². The second kappa shape index (κ2) is 6.95. The third-order valence-corrected chi connectivity index (χ3v) is 4.06. The van der Waals surface area contributed by atoms with Crippen LogP contribution in [0.15, 0.2) is 24.3 Å². The molecule has 0 amide bonds. The maximum Gasteiger partial charge on any atom is 0.0363 e. The van der Waals surface area contributed by atoms with Gasteiger partial charge < -0.3 is 10.2 Å². The molecule has 106 valence electrons. The summed E-state index contributed by atoms with van der Waals surface area (Å²) in [6.07, 6.45) is 3.83. The van der Waals surface area contributed by atoms with Gasteiger partial charge in [-0.2, -0.15) is 0 Å². The van der Waals surface area contributed by atoms with E-state index in [0.717, 1.165) is 18.4 Å². The van der Waals surface area contributed by atoms with Crippen LogP contribution in [0.2, 0.25) is 0 Å². The highest BCUT2D eigenvalue weighted by molar-refractivity contribution is 5.46. The van der Waals surface area contributed by atoms with Gasteiger partial charge in [-0.15, -0.1) is 0 Å². The van der Waals surface area contributed by atoms with Crippen molar-refractivity contribution in [3.8, 4) is 0 Å². The summed E-state index contributed by atoms with van der Waals surface area (Å²) in [7, 11) is 2.21. The van der Waals surface area contributed by atoms with Gasteiger partial charge in [0.25, 0.3) is 0 Å². The molecule has 0 saturated carbocycles. The van der Waals surface area contributed by atoms with E-state index >= 15 is 0 Å². The van der Waals surface area contributed by atoms with Gasteiger partial charge in [-0.1, -0.05) is 26.0 Å².